The Kier molecular flexibility index (Phi) is 13.0. The number of hydrogen-bond donors (Lipinski definition) is 4. The van der Waals surface area contributed by atoms with Crippen LogP contribution in [0.2, 0.25) is 0 Å². The molecule has 1 saturated heterocycles. The predicted molar refractivity (Wildman–Crippen MR) is 170 cm³/mol. The number of hydrogen-bond acceptors (Lipinski definition) is 7. The van der Waals surface area contributed by atoms with Gasteiger partial charge in [-0.3, -0.25) is 14.4 Å². The van der Waals surface area contributed by atoms with Gasteiger partial charge in [0.1, 0.15) is 5.75 Å². The van der Waals surface area contributed by atoms with Gasteiger partial charge in [-0.1, -0.05) is 49.6 Å². The molecule has 2 fully saturated rings. The molecular weight excluding hydrogens is 560 g/mol. The molecule has 3 amide bonds. The number of nitrogens with zero attached hydrogens (tertiary/aromatic N) is 1. The van der Waals surface area contributed by atoms with Crippen molar-refractivity contribution >= 4 is 23.4 Å². The van der Waals surface area contributed by atoms with E-state index in [4.69, 9.17) is 9.47 Å². The lowest BCUT2D eigenvalue weighted by molar-refractivity contribution is -0.123. The summed E-state index contributed by atoms with van der Waals surface area (Å²) in [5.74, 6) is 0.0309. The molecule has 4 N–H and O–H groups in total. The van der Waals surface area contributed by atoms with E-state index in [1.165, 1.54) is 6.42 Å². The number of aliphatic hydroxyl groups is 1. The maximum absolute atomic E-state index is 13.7. The van der Waals surface area contributed by atoms with Crippen molar-refractivity contribution in [3.05, 3.63) is 59.7 Å². The van der Waals surface area contributed by atoms with E-state index in [1.54, 1.807) is 37.1 Å². The van der Waals surface area contributed by atoms with Crippen LogP contribution >= 0.6 is 0 Å². The van der Waals surface area contributed by atoms with Crippen molar-refractivity contribution in [2.75, 3.05) is 38.3 Å². The van der Waals surface area contributed by atoms with Crippen molar-refractivity contribution in [3.8, 4) is 5.75 Å². The third kappa shape index (κ3) is 10.0. The molecule has 2 aromatic rings. The van der Waals surface area contributed by atoms with E-state index < -0.39 is 18.2 Å². The number of aliphatic hydroxyl groups excluding tert-OH is 1. The summed E-state index contributed by atoms with van der Waals surface area (Å²) in [6.45, 7) is 3.44. The highest BCUT2D eigenvalue weighted by Crippen LogP contribution is 2.28. The summed E-state index contributed by atoms with van der Waals surface area (Å²) in [4.78, 5) is 40.7. The lowest BCUT2D eigenvalue weighted by Gasteiger charge is -2.28. The van der Waals surface area contributed by atoms with Crippen molar-refractivity contribution in [2.45, 2.75) is 88.9 Å². The largest absolute Gasteiger partial charge is 0.493 e. The number of amides is 3. The lowest BCUT2D eigenvalue weighted by atomic mass is 9.95. The van der Waals surface area contributed by atoms with Gasteiger partial charge < -0.3 is 35.4 Å². The zero-order valence-electron chi connectivity index (χ0n) is 26.1. The summed E-state index contributed by atoms with van der Waals surface area (Å²) in [7, 11) is 1.63. The number of nitrogens with one attached hydrogen (secondary N) is 3. The molecule has 0 spiro atoms. The maximum atomic E-state index is 13.7. The van der Waals surface area contributed by atoms with Crippen molar-refractivity contribution < 1.29 is 29.0 Å². The first kappa shape index (κ1) is 33.4. The van der Waals surface area contributed by atoms with E-state index in [-0.39, 0.29) is 30.3 Å². The molecule has 0 aromatic heterocycles. The van der Waals surface area contributed by atoms with Crippen LogP contribution in [0.3, 0.4) is 0 Å². The topological polar surface area (TPSA) is 129 Å². The molecule has 2 aromatic carbocycles. The van der Waals surface area contributed by atoms with Crippen molar-refractivity contribution in [3.63, 3.8) is 0 Å². The Balaban J connectivity index is 1.46. The van der Waals surface area contributed by atoms with E-state index in [9.17, 15) is 19.5 Å². The molecule has 2 aliphatic rings. The van der Waals surface area contributed by atoms with E-state index in [2.05, 4.69) is 16.0 Å². The second-order valence-electron chi connectivity index (χ2n) is 11.9. The Labute approximate surface area is 260 Å². The quantitative estimate of drug-likeness (QED) is 0.215. The van der Waals surface area contributed by atoms with Crippen LogP contribution in [-0.4, -0.2) is 80.5 Å². The van der Waals surface area contributed by atoms with Gasteiger partial charge in [0.2, 0.25) is 11.8 Å². The monoisotopic (exact) mass is 608 g/mol. The first-order valence-corrected chi connectivity index (χ1v) is 16.0. The highest BCUT2D eigenvalue weighted by atomic mass is 16.5. The lowest BCUT2D eigenvalue weighted by Crippen LogP contribution is -2.53. The number of rotatable bonds is 16. The van der Waals surface area contributed by atoms with Gasteiger partial charge in [0.15, 0.2) is 0 Å². The predicted octanol–water partition coefficient (Wildman–Crippen LogP) is 3.36. The molecule has 1 aliphatic carbocycles. The maximum Gasteiger partial charge on any atom is 0.251 e. The molecule has 44 heavy (non-hydrogen) atoms. The molecule has 0 unspecified atom stereocenters. The van der Waals surface area contributed by atoms with Crippen molar-refractivity contribution in [1.82, 2.24) is 16.0 Å². The number of benzene rings is 2. The van der Waals surface area contributed by atoms with Crippen LogP contribution in [0.1, 0.15) is 74.2 Å². The summed E-state index contributed by atoms with van der Waals surface area (Å²) < 4.78 is 11.0. The molecule has 0 radical (unpaired) electrons. The molecule has 3 atom stereocenters. The average molecular weight is 609 g/mol. The fourth-order valence-electron chi connectivity index (χ4n) is 5.78. The van der Waals surface area contributed by atoms with Crippen LogP contribution in [0.5, 0.6) is 5.75 Å². The molecule has 0 bridgehead atoms. The van der Waals surface area contributed by atoms with Crippen molar-refractivity contribution in [2.24, 2.45) is 0 Å². The van der Waals surface area contributed by atoms with E-state index in [1.807, 2.05) is 30.3 Å². The molecule has 1 heterocycles. The zero-order chi connectivity index (χ0) is 31.3. The van der Waals surface area contributed by atoms with Gasteiger partial charge in [0.05, 0.1) is 24.8 Å². The van der Waals surface area contributed by atoms with Crippen LogP contribution in [0.4, 0.5) is 5.69 Å². The number of carbonyl (C=O) groups is 3. The fraction of sp³-hybridized carbons (Fsp3) is 0.559. The molecule has 10 nitrogen and oxygen atoms in total. The molecule has 1 aliphatic heterocycles. The summed E-state index contributed by atoms with van der Waals surface area (Å²) >= 11 is 0. The molecular formula is C34H48N4O6. The summed E-state index contributed by atoms with van der Waals surface area (Å²) in [6.07, 6.45) is 6.80. The summed E-state index contributed by atoms with van der Waals surface area (Å²) in [5, 5.41) is 20.6. The first-order chi connectivity index (χ1) is 21.3. The zero-order valence-corrected chi connectivity index (χ0v) is 26.1. The van der Waals surface area contributed by atoms with Gasteiger partial charge in [-0.25, -0.2) is 0 Å². The van der Waals surface area contributed by atoms with E-state index >= 15 is 0 Å². The van der Waals surface area contributed by atoms with Crippen LogP contribution in [0, 0.1) is 0 Å². The minimum absolute atomic E-state index is 0.0120. The second kappa shape index (κ2) is 17.1. The van der Waals surface area contributed by atoms with Crippen LogP contribution in [0.15, 0.2) is 48.5 Å². The molecule has 10 heteroatoms. The van der Waals surface area contributed by atoms with Crippen LogP contribution in [-0.2, 0) is 20.7 Å². The fourth-order valence-corrected chi connectivity index (χ4v) is 5.78. The third-order valence-corrected chi connectivity index (χ3v) is 8.36. The summed E-state index contributed by atoms with van der Waals surface area (Å²) in [6, 6.07) is 13.9. The first-order valence-electron chi connectivity index (χ1n) is 16.0. The van der Waals surface area contributed by atoms with Crippen LogP contribution in [0.25, 0.3) is 0 Å². The summed E-state index contributed by atoms with van der Waals surface area (Å²) in [5.41, 5.74) is 1.91. The normalized spacial score (nSPS) is 17.6. The molecule has 4 rings (SSSR count). The minimum atomic E-state index is -0.975. The van der Waals surface area contributed by atoms with Gasteiger partial charge in [-0.15, -0.1) is 0 Å². The number of carbonyl (C=O) groups excluding carboxylic acids is 3. The Hall–Kier alpha value is -3.47. The SMILES string of the molecule is COCCCOc1cc(C(=O)N[C@@H](Cc2ccccc2)[C@H](O)CN[C@@H](C)C(=O)NC2CCCCC2)cc(N2CCCC2=O)c1. The Morgan fingerprint density at radius 3 is 2.52 bits per heavy atom. The van der Waals surface area contributed by atoms with Crippen molar-refractivity contribution in [1.29, 1.82) is 0 Å². The number of anilines is 1. The minimum Gasteiger partial charge on any atom is -0.493 e. The van der Waals surface area contributed by atoms with Gasteiger partial charge in [-0.05, 0) is 50.3 Å². The smallest absolute Gasteiger partial charge is 0.251 e. The molecule has 1 saturated carbocycles. The number of methoxy groups -OCH3 is 1. The average Bonchev–Trinajstić information content (AvgIpc) is 3.48. The highest BCUT2D eigenvalue weighted by Gasteiger charge is 2.27. The molecule has 240 valence electrons. The Morgan fingerprint density at radius 1 is 1.05 bits per heavy atom. The van der Waals surface area contributed by atoms with Gasteiger partial charge in [0, 0.05) is 63.0 Å². The Bertz CT molecular complexity index is 1220. The standard InChI is InChI=1S/C34H48N4O6/c1-24(33(41)36-27-13-7-4-8-14-27)35-23-31(39)30(19-25-11-5-3-6-12-25)37-34(42)26-20-28(38-16-9-15-32(38)40)22-29(21-26)44-18-10-17-43-2/h3,5-6,11-12,20-22,24,27,30-31,35,39H,4,7-10,13-19,23H2,1-2H3,(H,36,41)(H,37,42)/t24-,30-,31+/m0/s1. The second-order valence-corrected chi connectivity index (χ2v) is 11.9. The van der Waals surface area contributed by atoms with E-state index in [0.29, 0.717) is 56.0 Å². The highest BCUT2D eigenvalue weighted by molar-refractivity contribution is 5.99. The van der Waals surface area contributed by atoms with Crippen LogP contribution < -0.4 is 25.6 Å². The van der Waals surface area contributed by atoms with Gasteiger partial charge >= 0.3 is 0 Å². The van der Waals surface area contributed by atoms with E-state index in [0.717, 1.165) is 37.7 Å². The van der Waals surface area contributed by atoms with Gasteiger partial charge in [-0.2, -0.15) is 0 Å². The number of ether oxygens (including phenoxy) is 2. The van der Waals surface area contributed by atoms with Gasteiger partial charge in [0.25, 0.3) is 5.91 Å². The Morgan fingerprint density at radius 2 is 1.82 bits per heavy atom. The third-order valence-electron chi connectivity index (χ3n) is 8.36.